The zero-order valence-corrected chi connectivity index (χ0v) is 13.0. The molecular weight excluding hydrogens is 290 g/mol. The van der Waals surface area contributed by atoms with E-state index in [0.29, 0.717) is 24.3 Å². The topological polar surface area (TPSA) is 60.1 Å². The number of rotatable bonds is 6. The molecule has 5 nitrogen and oxygen atoms in total. The maximum atomic E-state index is 12.0. The molecule has 3 rings (SSSR count). The molecule has 0 fully saturated rings. The van der Waals surface area contributed by atoms with E-state index in [2.05, 4.69) is 27.0 Å². The van der Waals surface area contributed by atoms with E-state index < -0.39 is 0 Å². The van der Waals surface area contributed by atoms with Crippen molar-refractivity contribution in [3.63, 3.8) is 0 Å². The number of aryl methyl sites for hydroxylation is 1. The third-order valence-corrected chi connectivity index (χ3v) is 3.74. The molecule has 0 bridgehead atoms. The molecule has 5 heteroatoms. The Hall–Kier alpha value is -2.82. The van der Waals surface area contributed by atoms with Gasteiger partial charge in [-0.1, -0.05) is 30.3 Å². The van der Waals surface area contributed by atoms with Crippen LogP contribution in [-0.2, 0) is 13.0 Å². The lowest BCUT2D eigenvalue weighted by atomic mass is 10.2. The van der Waals surface area contributed by atoms with Crippen molar-refractivity contribution >= 4 is 5.91 Å². The molecule has 3 aromatic rings. The summed E-state index contributed by atoms with van der Waals surface area (Å²) in [5, 5.41) is 2.90. The number of hydrogen-bond donors (Lipinski definition) is 1. The van der Waals surface area contributed by atoms with E-state index in [4.69, 9.17) is 4.42 Å². The number of furan rings is 1. The second-order valence-corrected chi connectivity index (χ2v) is 5.35. The Balaban J connectivity index is 1.56. The average Bonchev–Trinajstić information content (AvgIpc) is 3.17. The van der Waals surface area contributed by atoms with Gasteiger partial charge in [0.2, 0.25) is 0 Å². The maximum Gasteiger partial charge on any atom is 0.254 e. The summed E-state index contributed by atoms with van der Waals surface area (Å²) in [5.41, 5.74) is 1.81. The molecule has 118 valence electrons. The molecule has 0 aliphatic heterocycles. The van der Waals surface area contributed by atoms with E-state index in [0.717, 1.165) is 12.4 Å². The number of aromatic nitrogens is 2. The molecule has 0 saturated carbocycles. The number of hydrogen-bond acceptors (Lipinski definition) is 3. The third-order valence-electron chi connectivity index (χ3n) is 3.74. The van der Waals surface area contributed by atoms with E-state index in [1.54, 1.807) is 19.2 Å². The number of nitrogens with zero attached hydrogens (tertiary/aromatic N) is 2. The molecular formula is C18H19N3O2. The molecule has 0 aliphatic carbocycles. The highest BCUT2D eigenvalue weighted by atomic mass is 16.3. The van der Waals surface area contributed by atoms with Crippen LogP contribution >= 0.6 is 0 Å². The SMILES string of the molecule is Cc1occc1C(=O)NCCc1nccn1Cc1ccccc1. The van der Waals surface area contributed by atoms with Gasteiger partial charge in [0.15, 0.2) is 0 Å². The quantitative estimate of drug-likeness (QED) is 0.761. The summed E-state index contributed by atoms with van der Waals surface area (Å²) in [6, 6.07) is 11.9. The third kappa shape index (κ3) is 3.69. The first-order chi connectivity index (χ1) is 11.2. The Morgan fingerprint density at radius 2 is 2.09 bits per heavy atom. The van der Waals surface area contributed by atoms with Gasteiger partial charge in [0.25, 0.3) is 5.91 Å². The van der Waals surface area contributed by atoms with Gasteiger partial charge in [0, 0.05) is 31.9 Å². The number of nitrogens with one attached hydrogen (secondary N) is 1. The van der Waals surface area contributed by atoms with E-state index >= 15 is 0 Å². The van der Waals surface area contributed by atoms with Crippen LogP contribution in [0.5, 0.6) is 0 Å². The summed E-state index contributed by atoms with van der Waals surface area (Å²) < 4.78 is 7.25. The Bertz CT molecular complexity index is 774. The van der Waals surface area contributed by atoms with Gasteiger partial charge in [-0.25, -0.2) is 4.98 Å². The fourth-order valence-electron chi connectivity index (χ4n) is 2.50. The lowest BCUT2D eigenvalue weighted by Crippen LogP contribution is -2.26. The zero-order valence-electron chi connectivity index (χ0n) is 13.0. The highest BCUT2D eigenvalue weighted by Gasteiger charge is 2.11. The number of imidazole rings is 1. The molecule has 2 heterocycles. The number of carbonyl (C=O) groups is 1. The van der Waals surface area contributed by atoms with Crippen molar-refractivity contribution in [2.24, 2.45) is 0 Å². The van der Waals surface area contributed by atoms with Crippen LogP contribution in [0.1, 0.15) is 27.5 Å². The second-order valence-electron chi connectivity index (χ2n) is 5.35. The molecule has 0 atom stereocenters. The first-order valence-electron chi connectivity index (χ1n) is 7.60. The number of carbonyl (C=O) groups excluding carboxylic acids is 1. The highest BCUT2D eigenvalue weighted by Crippen LogP contribution is 2.09. The van der Waals surface area contributed by atoms with Crippen LogP contribution in [0.4, 0.5) is 0 Å². The fourth-order valence-corrected chi connectivity index (χ4v) is 2.50. The van der Waals surface area contributed by atoms with Crippen molar-refractivity contribution < 1.29 is 9.21 Å². The Morgan fingerprint density at radius 1 is 1.26 bits per heavy atom. The van der Waals surface area contributed by atoms with E-state index in [-0.39, 0.29) is 5.91 Å². The monoisotopic (exact) mass is 309 g/mol. The molecule has 0 spiro atoms. The van der Waals surface area contributed by atoms with Gasteiger partial charge in [0.05, 0.1) is 11.8 Å². The van der Waals surface area contributed by atoms with Crippen LogP contribution in [0.15, 0.2) is 59.5 Å². The second kappa shape index (κ2) is 6.96. The van der Waals surface area contributed by atoms with E-state index in [9.17, 15) is 4.79 Å². The fraction of sp³-hybridized carbons (Fsp3) is 0.222. The van der Waals surface area contributed by atoms with Crippen molar-refractivity contribution in [2.45, 2.75) is 19.9 Å². The van der Waals surface area contributed by atoms with Crippen molar-refractivity contribution in [1.29, 1.82) is 0 Å². The van der Waals surface area contributed by atoms with E-state index in [1.165, 1.54) is 11.8 Å². The first kappa shape index (κ1) is 15.1. The normalized spacial score (nSPS) is 10.7. The summed E-state index contributed by atoms with van der Waals surface area (Å²) in [5.74, 6) is 1.48. The molecule has 1 amide bonds. The molecule has 0 radical (unpaired) electrons. The molecule has 0 unspecified atom stereocenters. The maximum absolute atomic E-state index is 12.0. The van der Waals surface area contributed by atoms with Crippen LogP contribution in [0.3, 0.4) is 0 Å². The van der Waals surface area contributed by atoms with Gasteiger partial charge < -0.3 is 14.3 Å². The highest BCUT2D eigenvalue weighted by molar-refractivity contribution is 5.94. The standard InChI is InChI=1S/C18H19N3O2/c1-14-16(8-12-23-14)18(22)20-9-7-17-19-10-11-21(17)13-15-5-3-2-4-6-15/h2-6,8,10-12H,7,9,13H2,1H3,(H,20,22). The number of benzene rings is 1. The smallest absolute Gasteiger partial charge is 0.254 e. The summed E-state index contributed by atoms with van der Waals surface area (Å²) in [6.07, 6.45) is 5.96. The van der Waals surface area contributed by atoms with Crippen molar-refractivity contribution in [1.82, 2.24) is 14.9 Å². The average molecular weight is 309 g/mol. The van der Waals surface area contributed by atoms with Crippen molar-refractivity contribution in [3.05, 3.63) is 77.8 Å². The number of amides is 1. The summed E-state index contributed by atoms with van der Waals surface area (Å²) in [4.78, 5) is 16.4. The molecule has 1 N–H and O–H groups in total. The largest absolute Gasteiger partial charge is 0.469 e. The minimum Gasteiger partial charge on any atom is -0.469 e. The van der Waals surface area contributed by atoms with Gasteiger partial charge in [0.1, 0.15) is 11.6 Å². The summed E-state index contributed by atoms with van der Waals surface area (Å²) >= 11 is 0. The van der Waals surface area contributed by atoms with E-state index in [1.807, 2.05) is 24.4 Å². The predicted molar refractivity (Wildman–Crippen MR) is 87.3 cm³/mol. The molecule has 2 aromatic heterocycles. The van der Waals surface area contributed by atoms with Crippen LogP contribution in [0.2, 0.25) is 0 Å². The van der Waals surface area contributed by atoms with Gasteiger partial charge in [-0.3, -0.25) is 4.79 Å². The summed E-state index contributed by atoms with van der Waals surface area (Å²) in [7, 11) is 0. The van der Waals surface area contributed by atoms with Gasteiger partial charge >= 0.3 is 0 Å². The van der Waals surface area contributed by atoms with Gasteiger partial charge in [-0.05, 0) is 18.6 Å². The molecule has 23 heavy (non-hydrogen) atoms. The lowest BCUT2D eigenvalue weighted by molar-refractivity contribution is 0.0952. The van der Waals surface area contributed by atoms with Crippen LogP contribution in [-0.4, -0.2) is 22.0 Å². The van der Waals surface area contributed by atoms with Crippen LogP contribution < -0.4 is 5.32 Å². The molecule has 1 aromatic carbocycles. The van der Waals surface area contributed by atoms with Crippen LogP contribution in [0, 0.1) is 6.92 Å². The van der Waals surface area contributed by atoms with Gasteiger partial charge in [-0.2, -0.15) is 0 Å². The summed E-state index contributed by atoms with van der Waals surface area (Å²) in [6.45, 7) is 3.10. The van der Waals surface area contributed by atoms with Crippen molar-refractivity contribution in [2.75, 3.05) is 6.54 Å². The first-order valence-corrected chi connectivity index (χ1v) is 7.60. The minimum absolute atomic E-state index is 0.114. The Kier molecular flexibility index (Phi) is 4.57. The van der Waals surface area contributed by atoms with Crippen molar-refractivity contribution in [3.8, 4) is 0 Å². The van der Waals surface area contributed by atoms with Crippen LogP contribution in [0.25, 0.3) is 0 Å². The zero-order chi connectivity index (χ0) is 16.1. The lowest BCUT2D eigenvalue weighted by Gasteiger charge is -2.09. The minimum atomic E-state index is -0.114. The van der Waals surface area contributed by atoms with Gasteiger partial charge in [-0.15, -0.1) is 0 Å². The predicted octanol–water partition coefficient (Wildman–Crippen LogP) is 2.81. The molecule has 0 aliphatic rings. The Labute approximate surface area is 135 Å². The Morgan fingerprint density at radius 3 is 2.83 bits per heavy atom. The molecule has 0 saturated heterocycles.